The van der Waals surface area contributed by atoms with E-state index in [0.717, 1.165) is 58.6 Å². The molecule has 3 aromatic rings. The molecular formula is C31H33Cl2N3O6S. The van der Waals surface area contributed by atoms with Crippen LogP contribution in [0.2, 0.25) is 10.0 Å². The van der Waals surface area contributed by atoms with E-state index in [9.17, 15) is 22.9 Å². The fraction of sp³-hybridized carbons (Fsp3) is 0.484. The second-order valence-corrected chi connectivity index (χ2v) is 15.1. The lowest BCUT2D eigenvalue weighted by atomic mass is 9.70. The van der Waals surface area contributed by atoms with Gasteiger partial charge in [0.25, 0.3) is 5.82 Å². The predicted molar refractivity (Wildman–Crippen MR) is 163 cm³/mol. The van der Waals surface area contributed by atoms with Crippen LogP contribution in [0.1, 0.15) is 50.1 Å². The first-order valence-corrected chi connectivity index (χ1v) is 17.0. The lowest BCUT2D eigenvalue weighted by Crippen LogP contribution is -2.58. The van der Waals surface area contributed by atoms with Crippen molar-refractivity contribution in [1.82, 2.24) is 4.57 Å². The molecule has 1 N–H and O–H groups in total. The number of nitrogens with zero attached hydrogens (tertiary/aromatic N) is 3. The minimum atomic E-state index is -4.36. The molecule has 43 heavy (non-hydrogen) atoms. The number of piperidine rings is 1. The summed E-state index contributed by atoms with van der Waals surface area (Å²) in [6, 6.07) is 9.82. The molecule has 4 unspecified atom stereocenters. The van der Waals surface area contributed by atoms with Gasteiger partial charge in [-0.25, -0.2) is 17.6 Å². The number of hydrogen-bond donors (Lipinski definition) is 1. The second-order valence-electron chi connectivity index (χ2n) is 12.7. The average molecular weight is 647 g/mol. The van der Waals surface area contributed by atoms with Gasteiger partial charge in [-0.1, -0.05) is 55.3 Å². The Morgan fingerprint density at radius 2 is 1.95 bits per heavy atom. The molecule has 0 aliphatic carbocycles. The van der Waals surface area contributed by atoms with Crippen LogP contribution in [0.15, 0.2) is 36.4 Å². The number of aromatic nitrogens is 2. The summed E-state index contributed by atoms with van der Waals surface area (Å²) in [5, 5.41) is 10.2. The van der Waals surface area contributed by atoms with Gasteiger partial charge >= 0.3 is 5.97 Å². The summed E-state index contributed by atoms with van der Waals surface area (Å²) in [4.78, 5) is 13.9. The first-order valence-electron chi connectivity index (χ1n) is 14.7. The Labute approximate surface area is 260 Å². The lowest BCUT2D eigenvalue weighted by Gasteiger charge is -2.49. The van der Waals surface area contributed by atoms with Crippen molar-refractivity contribution in [2.75, 3.05) is 17.2 Å². The van der Waals surface area contributed by atoms with Crippen molar-refractivity contribution in [3.63, 3.8) is 0 Å². The van der Waals surface area contributed by atoms with Crippen molar-refractivity contribution in [3.8, 4) is 0 Å². The molecule has 0 radical (unpaired) electrons. The maximum Gasteiger partial charge on any atom is 0.307 e. The zero-order valence-electron chi connectivity index (χ0n) is 23.9. The molecule has 0 spiro atoms. The molecule has 2 aromatic carbocycles. The smallest absolute Gasteiger partial charge is 0.307 e. The third kappa shape index (κ3) is 4.77. The minimum absolute atomic E-state index is 0.0127. The largest absolute Gasteiger partial charge is 0.748 e. The maximum atomic E-state index is 11.5. The average Bonchev–Trinajstić information content (AvgIpc) is 3.35. The van der Waals surface area contributed by atoms with Gasteiger partial charge in [-0.15, -0.1) is 0 Å². The van der Waals surface area contributed by atoms with Crippen LogP contribution in [0, 0.1) is 5.92 Å². The Morgan fingerprint density at radius 1 is 1.19 bits per heavy atom. The highest BCUT2D eigenvalue weighted by Crippen LogP contribution is 2.53. The van der Waals surface area contributed by atoms with E-state index in [2.05, 4.69) is 46.1 Å². The number of rotatable bonds is 6. The molecule has 9 nitrogen and oxygen atoms in total. The van der Waals surface area contributed by atoms with Crippen LogP contribution >= 0.6 is 23.2 Å². The number of aryl methyl sites for hydroxylation is 2. The number of ether oxygens (including phenoxy) is 1. The standard InChI is InChI=1S/C31H33Cl2N3O6S/c1-31(2)20-12-17(13-28(37)38)4-5-23(20)34-9-6-26-18(29(31)34)14-19-27(42-26)7-10-36-25-16-22(33)21(32)15-24(25)35(30(19)36)8-3-11-43(39,40)41/h4-5,12,14-16,18,26-27,29H,3,6-11,13H2,1-2H3,(H-,37,38,39,40,41). The molecule has 5 heterocycles. The Hall–Kier alpha value is -2.63. The number of carboxylic acids is 1. The van der Waals surface area contributed by atoms with E-state index in [1.54, 1.807) is 0 Å². The molecule has 1 aromatic heterocycles. The summed E-state index contributed by atoms with van der Waals surface area (Å²) in [5.74, 6) is -0.302. The van der Waals surface area contributed by atoms with E-state index in [1.165, 1.54) is 0 Å². The van der Waals surface area contributed by atoms with Crippen LogP contribution < -0.4 is 9.47 Å². The zero-order chi connectivity index (χ0) is 30.4. The molecule has 1 fully saturated rings. The summed E-state index contributed by atoms with van der Waals surface area (Å²) >= 11 is 12.9. The molecule has 0 amide bonds. The van der Waals surface area contributed by atoms with Crippen LogP contribution in [0.4, 0.5) is 5.69 Å². The highest BCUT2D eigenvalue weighted by Gasteiger charge is 2.55. The van der Waals surface area contributed by atoms with Gasteiger partial charge in [0.15, 0.2) is 11.0 Å². The number of carboxylic acid groups (broad SMARTS) is 1. The summed E-state index contributed by atoms with van der Waals surface area (Å²) in [5.41, 5.74) is 5.64. The molecule has 4 aliphatic heterocycles. The quantitative estimate of drug-likeness (QED) is 0.309. The number of fused-ring (bicyclic) bond motifs is 10. The Kier molecular flexibility index (Phi) is 6.91. The number of aliphatic carboxylic acids is 1. The maximum absolute atomic E-state index is 11.5. The number of imidazole rings is 1. The van der Waals surface area contributed by atoms with Gasteiger partial charge in [0.1, 0.15) is 0 Å². The SMILES string of the molecule is CC1(C)c2cc(CC(=O)O)ccc2N2CCC3OC4CC[n+]5c(n(CCCS(=O)(=O)[O-])c6cc(Cl)c(Cl)cc65)C4=CC3C21. The highest BCUT2D eigenvalue weighted by molar-refractivity contribution is 7.85. The topological polar surface area (TPSA) is 116 Å². The molecule has 4 aliphatic rings. The number of benzene rings is 2. The zero-order valence-corrected chi connectivity index (χ0v) is 26.3. The monoisotopic (exact) mass is 645 g/mol. The van der Waals surface area contributed by atoms with Gasteiger partial charge in [-0.05, 0) is 30.0 Å². The third-order valence-corrected chi connectivity index (χ3v) is 11.3. The first-order chi connectivity index (χ1) is 20.3. The highest BCUT2D eigenvalue weighted by atomic mass is 35.5. The summed E-state index contributed by atoms with van der Waals surface area (Å²) in [6.45, 7) is 6.36. The van der Waals surface area contributed by atoms with E-state index in [1.807, 2.05) is 18.2 Å². The van der Waals surface area contributed by atoms with E-state index in [-0.39, 0.29) is 42.4 Å². The van der Waals surface area contributed by atoms with Crippen molar-refractivity contribution in [2.45, 2.75) is 76.3 Å². The number of anilines is 1. The van der Waals surface area contributed by atoms with Crippen molar-refractivity contribution >= 4 is 61.6 Å². The second kappa shape index (κ2) is 10.2. The lowest BCUT2D eigenvalue weighted by molar-refractivity contribution is -0.679. The van der Waals surface area contributed by atoms with Crippen LogP contribution in [-0.2, 0) is 44.6 Å². The van der Waals surface area contributed by atoms with Gasteiger partial charge in [0.2, 0.25) is 0 Å². The molecule has 0 saturated carbocycles. The summed E-state index contributed by atoms with van der Waals surface area (Å²) in [6.07, 6.45) is 4.13. The fourth-order valence-corrected chi connectivity index (χ4v) is 8.88. The van der Waals surface area contributed by atoms with Crippen LogP contribution in [0.5, 0.6) is 0 Å². The Morgan fingerprint density at radius 3 is 2.70 bits per heavy atom. The Balaban J connectivity index is 1.34. The number of carbonyl (C=O) groups is 1. The van der Waals surface area contributed by atoms with Gasteiger partial charge in [0, 0.05) is 53.9 Å². The molecule has 12 heteroatoms. The van der Waals surface area contributed by atoms with E-state index in [4.69, 9.17) is 27.9 Å². The van der Waals surface area contributed by atoms with Gasteiger partial charge < -0.3 is 19.3 Å². The normalized spacial score (nSPS) is 25.4. The minimum Gasteiger partial charge on any atom is -0.748 e. The third-order valence-electron chi connectivity index (χ3n) is 9.76. The first kappa shape index (κ1) is 29.1. The van der Waals surface area contributed by atoms with Crippen LogP contribution in [0.3, 0.4) is 0 Å². The van der Waals surface area contributed by atoms with E-state index in [0.29, 0.717) is 23.1 Å². The molecule has 1 saturated heterocycles. The molecule has 0 bridgehead atoms. The van der Waals surface area contributed by atoms with Crippen molar-refractivity contribution in [3.05, 3.63) is 63.4 Å². The summed E-state index contributed by atoms with van der Waals surface area (Å²) in [7, 11) is -4.36. The molecular weight excluding hydrogens is 613 g/mol. The van der Waals surface area contributed by atoms with Gasteiger partial charge in [0.05, 0.1) is 57.5 Å². The predicted octanol–water partition coefficient (Wildman–Crippen LogP) is 4.54. The molecule has 7 rings (SSSR count). The van der Waals surface area contributed by atoms with Crippen molar-refractivity contribution in [1.29, 1.82) is 0 Å². The molecule has 228 valence electrons. The van der Waals surface area contributed by atoms with Crippen LogP contribution in [-0.4, -0.2) is 59.2 Å². The van der Waals surface area contributed by atoms with Crippen molar-refractivity contribution < 1.29 is 32.2 Å². The number of halogens is 2. The van der Waals surface area contributed by atoms with E-state index >= 15 is 0 Å². The van der Waals surface area contributed by atoms with E-state index < -0.39 is 21.8 Å². The number of hydrogen-bond acceptors (Lipinski definition) is 6. The van der Waals surface area contributed by atoms with Crippen LogP contribution in [0.25, 0.3) is 16.6 Å². The van der Waals surface area contributed by atoms with Gasteiger partial charge in [-0.2, -0.15) is 0 Å². The molecule has 4 atom stereocenters. The van der Waals surface area contributed by atoms with Gasteiger partial charge in [-0.3, -0.25) is 4.79 Å². The fourth-order valence-electron chi connectivity index (χ4n) is 8.08. The Bertz CT molecular complexity index is 1820. The van der Waals surface area contributed by atoms with Crippen molar-refractivity contribution in [2.24, 2.45) is 5.92 Å². The summed E-state index contributed by atoms with van der Waals surface area (Å²) < 4.78 is 45.5.